The molecule has 94 valence electrons. The number of carbonyl (C=O) groups is 3. The lowest BCUT2D eigenvalue weighted by Crippen LogP contribution is -2.64. The number of rotatable bonds is 3. The van der Waals surface area contributed by atoms with Crippen molar-refractivity contribution in [3.05, 3.63) is 11.6 Å². The number of barbiturate groups is 1. The Hall–Kier alpha value is -1.65. The molecule has 0 saturated carbocycles. The van der Waals surface area contributed by atoms with E-state index in [0.717, 1.165) is 6.42 Å². The van der Waals surface area contributed by atoms with Crippen molar-refractivity contribution in [3.8, 4) is 0 Å². The minimum Gasteiger partial charge on any atom is -0.277 e. The van der Waals surface area contributed by atoms with Crippen molar-refractivity contribution in [2.45, 2.75) is 34.1 Å². The molecule has 1 rings (SSSR count). The molecule has 0 unspecified atom stereocenters. The summed E-state index contributed by atoms with van der Waals surface area (Å²) in [6.45, 7) is 7.27. The summed E-state index contributed by atoms with van der Waals surface area (Å²) in [5.41, 5.74) is -0.596. The van der Waals surface area contributed by atoms with E-state index >= 15 is 0 Å². The summed E-state index contributed by atoms with van der Waals surface area (Å²) in [5.74, 6) is -1.30. The van der Waals surface area contributed by atoms with Crippen LogP contribution >= 0.6 is 0 Å². The number of imide groups is 2. The second-order valence-electron chi connectivity index (χ2n) is 4.50. The highest BCUT2D eigenvalue weighted by Crippen LogP contribution is 2.37. The zero-order valence-electron chi connectivity index (χ0n) is 10.6. The number of carbonyl (C=O) groups excluding carboxylic acids is 3. The molecule has 0 radical (unpaired) electrons. The molecule has 1 heterocycles. The Balaban J connectivity index is 3.33. The Bertz CT molecular complexity index is 377. The van der Waals surface area contributed by atoms with Crippen LogP contribution in [0.25, 0.3) is 0 Å². The summed E-state index contributed by atoms with van der Waals surface area (Å²) < 4.78 is 0. The second-order valence-corrected chi connectivity index (χ2v) is 4.50. The largest absolute Gasteiger partial charge is 0.328 e. The van der Waals surface area contributed by atoms with E-state index in [0.29, 0.717) is 5.57 Å². The zero-order valence-corrected chi connectivity index (χ0v) is 10.6. The maximum atomic E-state index is 12.1. The molecule has 1 saturated heterocycles. The first-order valence-electron chi connectivity index (χ1n) is 5.71. The highest BCUT2D eigenvalue weighted by molar-refractivity contribution is 6.21. The Kier molecular flexibility index (Phi) is 3.70. The highest BCUT2D eigenvalue weighted by Gasteiger charge is 2.53. The Morgan fingerprint density at radius 2 is 1.71 bits per heavy atom. The van der Waals surface area contributed by atoms with E-state index in [1.165, 1.54) is 0 Å². The minimum atomic E-state index is -1.27. The fraction of sp³-hybridized carbons (Fsp3) is 0.583. The molecule has 1 aliphatic rings. The average molecular weight is 238 g/mol. The molecular weight excluding hydrogens is 220 g/mol. The molecule has 0 bridgehead atoms. The van der Waals surface area contributed by atoms with Gasteiger partial charge >= 0.3 is 6.03 Å². The molecule has 0 spiro atoms. The van der Waals surface area contributed by atoms with Crippen molar-refractivity contribution < 1.29 is 14.4 Å². The van der Waals surface area contributed by atoms with E-state index in [-0.39, 0.29) is 5.92 Å². The van der Waals surface area contributed by atoms with Crippen LogP contribution in [0.2, 0.25) is 0 Å². The van der Waals surface area contributed by atoms with Gasteiger partial charge in [-0.3, -0.25) is 20.2 Å². The number of urea groups is 1. The van der Waals surface area contributed by atoms with Crippen LogP contribution < -0.4 is 10.6 Å². The van der Waals surface area contributed by atoms with Crippen molar-refractivity contribution in [2.24, 2.45) is 11.3 Å². The third-order valence-corrected chi connectivity index (χ3v) is 3.17. The first-order valence-corrected chi connectivity index (χ1v) is 5.71. The summed E-state index contributed by atoms with van der Waals surface area (Å²) in [6, 6.07) is -0.749. The monoisotopic (exact) mass is 238 g/mol. The van der Waals surface area contributed by atoms with Gasteiger partial charge in [-0.1, -0.05) is 32.4 Å². The molecule has 5 nitrogen and oxygen atoms in total. The molecule has 0 aromatic heterocycles. The molecule has 5 heteroatoms. The van der Waals surface area contributed by atoms with Crippen molar-refractivity contribution in [2.75, 3.05) is 0 Å². The molecule has 0 aromatic rings. The van der Waals surface area contributed by atoms with Crippen molar-refractivity contribution in [1.29, 1.82) is 0 Å². The lowest BCUT2D eigenvalue weighted by Gasteiger charge is -2.38. The standard InChI is InChI=1S/C12H18N2O3/c1-5-6-8(4)12(7(2)3)9(15)13-11(17)14-10(12)16/h6-7H,5H2,1-4H3,(H2,13,14,15,16,17)/b8-6-. The summed E-state index contributed by atoms with van der Waals surface area (Å²) in [7, 11) is 0. The molecular formula is C12H18N2O3. The van der Waals surface area contributed by atoms with Crippen LogP contribution in [0, 0.1) is 11.3 Å². The minimum absolute atomic E-state index is 0.224. The highest BCUT2D eigenvalue weighted by atomic mass is 16.2. The third-order valence-electron chi connectivity index (χ3n) is 3.17. The molecule has 1 aliphatic heterocycles. The van der Waals surface area contributed by atoms with E-state index in [4.69, 9.17) is 0 Å². The molecule has 2 N–H and O–H groups in total. The van der Waals surface area contributed by atoms with Crippen LogP contribution in [0.5, 0.6) is 0 Å². The molecule has 1 fully saturated rings. The number of amides is 4. The van der Waals surface area contributed by atoms with Gasteiger partial charge in [-0.25, -0.2) is 4.79 Å². The average Bonchev–Trinajstić information content (AvgIpc) is 2.16. The quantitative estimate of drug-likeness (QED) is 0.575. The van der Waals surface area contributed by atoms with Crippen molar-refractivity contribution in [1.82, 2.24) is 10.6 Å². The van der Waals surface area contributed by atoms with E-state index in [2.05, 4.69) is 10.6 Å². The fourth-order valence-corrected chi connectivity index (χ4v) is 2.34. The Morgan fingerprint density at radius 1 is 1.24 bits per heavy atom. The van der Waals surface area contributed by atoms with Crippen LogP contribution in [0.3, 0.4) is 0 Å². The van der Waals surface area contributed by atoms with Crippen molar-refractivity contribution >= 4 is 17.8 Å². The lowest BCUT2D eigenvalue weighted by atomic mass is 9.69. The normalized spacial score (nSPS) is 20.3. The number of hydrogen-bond acceptors (Lipinski definition) is 3. The van der Waals surface area contributed by atoms with Gasteiger partial charge in [0.15, 0.2) is 5.41 Å². The van der Waals surface area contributed by atoms with Crippen molar-refractivity contribution in [3.63, 3.8) is 0 Å². The maximum absolute atomic E-state index is 12.1. The first kappa shape index (κ1) is 13.4. The van der Waals surface area contributed by atoms with E-state index in [1.807, 2.05) is 13.0 Å². The SMILES string of the molecule is CC/C=C(/C)C1(C(C)C)C(=O)NC(=O)NC1=O. The number of hydrogen-bond donors (Lipinski definition) is 2. The summed E-state index contributed by atoms with van der Waals surface area (Å²) in [5, 5.41) is 4.34. The smallest absolute Gasteiger partial charge is 0.277 e. The summed E-state index contributed by atoms with van der Waals surface area (Å²) in [4.78, 5) is 35.2. The number of allylic oxidation sites excluding steroid dienone is 1. The maximum Gasteiger partial charge on any atom is 0.328 e. The van der Waals surface area contributed by atoms with E-state index in [9.17, 15) is 14.4 Å². The van der Waals surface area contributed by atoms with Crippen LogP contribution in [0.15, 0.2) is 11.6 Å². The molecule has 0 aromatic carbocycles. The first-order chi connectivity index (χ1) is 7.87. The van der Waals surface area contributed by atoms with Gasteiger partial charge in [0.25, 0.3) is 0 Å². The third kappa shape index (κ3) is 1.97. The molecule has 4 amide bonds. The molecule has 0 aliphatic carbocycles. The van der Waals surface area contributed by atoms with Crippen LogP contribution in [-0.2, 0) is 9.59 Å². The Labute approximate surface area is 101 Å². The topological polar surface area (TPSA) is 75.3 Å². The Morgan fingerprint density at radius 3 is 2.06 bits per heavy atom. The summed E-state index contributed by atoms with van der Waals surface area (Å²) >= 11 is 0. The molecule has 17 heavy (non-hydrogen) atoms. The summed E-state index contributed by atoms with van der Waals surface area (Å²) in [6.07, 6.45) is 2.57. The number of nitrogens with one attached hydrogen (secondary N) is 2. The zero-order chi connectivity index (χ0) is 13.2. The van der Waals surface area contributed by atoms with Gasteiger partial charge in [0.2, 0.25) is 11.8 Å². The van der Waals surface area contributed by atoms with Gasteiger partial charge in [0, 0.05) is 0 Å². The predicted octanol–water partition coefficient (Wildman–Crippen LogP) is 1.35. The van der Waals surface area contributed by atoms with Crippen LogP contribution in [0.4, 0.5) is 4.79 Å². The van der Waals surface area contributed by atoms with Gasteiger partial charge in [-0.05, 0) is 19.3 Å². The van der Waals surface area contributed by atoms with Crippen LogP contribution in [0.1, 0.15) is 34.1 Å². The lowest BCUT2D eigenvalue weighted by molar-refractivity contribution is -0.144. The van der Waals surface area contributed by atoms with Gasteiger partial charge in [-0.2, -0.15) is 0 Å². The van der Waals surface area contributed by atoms with Gasteiger partial charge < -0.3 is 0 Å². The van der Waals surface area contributed by atoms with Gasteiger partial charge in [0.05, 0.1) is 0 Å². The molecule has 0 atom stereocenters. The fourth-order valence-electron chi connectivity index (χ4n) is 2.34. The van der Waals surface area contributed by atoms with E-state index in [1.54, 1.807) is 20.8 Å². The van der Waals surface area contributed by atoms with Gasteiger partial charge in [0.1, 0.15) is 0 Å². The van der Waals surface area contributed by atoms with Gasteiger partial charge in [-0.15, -0.1) is 0 Å². The predicted molar refractivity (Wildman–Crippen MR) is 63.0 cm³/mol. The van der Waals surface area contributed by atoms with E-state index < -0.39 is 23.3 Å². The second kappa shape index (κ2) is 4.69. The van der Waals surface area contributed by atoms with Crippen LogP contribution in [-0.4, -0.2) is 17.8 Å².